The molecule has 118 valence electrons. The van der Waals surface area contributed by atoms with Gasteiger partial charge in [-0.2, -0.15) is 0 Å². The Kier molecular flexibility index (Phi) is 6.17. The summed E-state index contributed by atoms with van der Waals surface area (Å²) < 4.78 is 30.2. The average molecular weight is 292 g/mol. The van der Waals surface area contributed by atoms with Gasteiger partial charge in [-0.25, -0.2) is 13.6 Å². The van der Waals surface area contributed by atoms with Gasteiger partial charge < -0.3 is 15.0 Å². The topological polar surface area (TPSA) is 41.6 Å². The number of carbonyl (C=O) groups is 1. The Bertz CT molecular complexity index is 319. The summed E-state index contributed by atoms with van der Waals surface area (Å²) in [6.07, 6.45) is -0.846. The molecule has 0 spiro atoms. The second-order valence-electron chi connectivity index (χ2n) is 6.47. The summed E-state index contributed by atoms with van der Waals surface area (Å²) in [6, 6.07) is -0.813. The van der Waals surface area contributed by atoms with Crippen LogP contribution in [0.15, 0.2) is 0 Å². The normalized spacial score (nSPS) is 21.9. The van der Waals surface area contributed by atoms with Crippen LogP contribution in [0.2, 0.25) is 0 Å². The van der Waals surface area contributed by atoms with E-state index in [1.807, 2.05) is 20.8 Å². The number of halogens is 2. The predicted molar refractivity (Wildman–Crippen MR) is 74.0 cm³/mol. The molecule has 0 aliphatic carbocycles. The van der Waals surface area contributed by atoms with Gasteiger partial charge in [0.25, 0.3) is 6.43 Å². The predicted octanol–water partition coefficient (Wildman–Crippen LogP) is 2.88. The van der Waals surface area contributed by atoms with E-state index in [4.69, 9.17) is 4.74 Å². The second kappa shape index (κ2) is 7.20. The number of hydrogen-bond acceptors (Lipinski definition) is 3. The van der Waals surface area contributed by atoms with Crippen molar-refractivity contribution >= 4 is 6.09 Å². The molecule has 4 nitrogen and oxygen atoms in total. The smallest absolute Gasteiger partial charge is 0.410 e. The lowest BCUT2D eigenvalue weighted by Gasteiger charge is -2.34. The number of hydrogen-bond donors (Lipinski definition) is 1. The number of likely N-dealkylation sites (tertiary alicyclic amines) is 1. The Morgan fingerprint density at radius 2 is 2.10 bits per heavy atom. The summed E-state index contributed by atoms with van der Waals surface area (Å²) in [4.78, 5) is 13.6. The molecule has 0 radical (unpaired) electrons. The Labute approximate surface area is 119 Å². The van der Waals surface area contributed by atoms with Crippen LogP contribution in [0.5, 0.6) is 0 Å². The van der Waals surface area contributed by atoms with Crippen LogP contribution in [-0.4, -0.2) is 48.7 Å². The minimum atomic E-state index is -2.36. The second-order valence-corrected chi connectivity index (χ2v) is 6.47. The van der Waals surface area contributed by atoms with Crippen LogP contribution < -0.4 is 5.32 Å². The minimum absolute atomic E-state index is 0.206. The van der Waals surface area contributed by atoms with Gasteiger partial charge in [0.05, 0.1) is 6.04 Å². The van der Waals surface area contributed by atoms with Crippen molar-refractivity contribution in [1.29, 1.82) is 0 Å². The van der Waals surface area contributed by atoms with Crippen molar-refractivity contribution < 1.29 is 18.3 Å². The van der Waals surface area contributed by atoms with E-state index >= 15 is 0 Å². The Hall–Kier alpha value is -0.910. The van der Waals surface area contributed by atoms with Crippen LogP contribution >= 0.6 is 0 Å². The molecule has 1 aliphatic heterocycles. The monoisotopic (exact) mass is 292 g/mol. The van der Waals surface area contributed by atoms with E-state index in [0.29, 0.717) is 19.6 Å². The summed E-state index contributed by atoms with van der Waals surface area (Å²) in [5.41, 5.74) is -0.507. The molecule has 1 N–H and O–H groups in total. The lowest BCUT2D eigenvalue weighted by Crippen LogP contribution is -2.46. The third-order valence-electron chi connectivity index (χ3n) is 3.28. The summed E-state index contributed by atoms with van der Waals surface area (Å²) in [5.74, 6) is 0.206. The Morgan fingerprint density at radius 1 is 1.45 bits per heavy atom. The Balaban J connectivity index is 2.40. The number of nitrogens with zero attached hydrogens (tertiary/aromatic N) is 1. The van der Waals surface area contributed by atoms with Gasteiger partial charge in [0.2, 0.25) is 0 Å². The number of ether oxygens (including phenoxy) is 1. The van der Waals surface area contributed by atoms with Crippen molar-refractivity contribution in [3.63, 3.8) is 0 Å². The molecule has 0 saturated carbocycles. The van der Waals surface area contributed by atoms with Gasteiger partial charge in [0.1, 0.15) is 5.60 Å². The molecule has 0 bridgehead atoms. The maximum Gasteiger partial charge on any atom is 0.410 e. The fourth-order valence-corrected chi connectivity index (χ4v) is 2.17. The van der Waals surface area contributed by atoms with E-state index in [9.17, 15) is 13.6 Å². The fourth-order valence-electron chi connectivity index (χ4n) is 2.17. The van der Waals surface area contributed by atoms with E-state index in [-0.39, 0.29) is 12.0 Å². The molecule has 0 aromatic rings. The van der Waals surface area contributed by atoms with E-state index in [1.54, 1.807) is 4.90 Å². The van der Waals surface area contributed by atoms with Crippen molar-refractivity contribution in [3.8, 4) is 0 Å². The van der Waals surface area contributed by atoms with Gasteiger partial charge in [0, 0.05) is 19.6 Å². The molecule has 0 aromatic heterocycles. The zero-order valence-electron chi connectivity index (χ0n) is 12.8. The quantitative estimate of drug-likeness (QED) is 0.866. The largest absolute Gasteiger partial charge is 0.444 e. The number of nitrogens with one attached hydrogen (secondary N) is 1. The van der Waals surface area contributed by atoms with Crippen LogP contribution in [0.1, 0.15) is 40.5 Å². The molecular formula is C14H26F2N2O2. The molecular weight excluding hydrogens is 266 g/mol. The molecule has 1 saturated heterocycles. The number of amides is 1. The van der Waals surface area contributed by atoms with Crippen molar-refractivity contribution in [2.24, 2.45) is 5.92 Å². The van der Waals surface area contributed by atoms with Gasteiger partial charge in [-0.1, -0.05) is 0 Å². The summed E-state index contributed by atoms with van der Waals surface area (Å²) in [7, 11) is 0. The van der Waals surface area contributed by atoms with E-state index < -0.39 is 18.1 Å². The van der Waals surface area contributed by atoms with E-state index in [1.165, 1.54) is 6.92 Å². The molecule has 2 unspecified atom stereocenters. The molecule has 20 heavy (non-hydrogen) atoms. The molecule has 1 rings (SSSR count). The van der Waals surface area contributed by atoms with Crippen molar-refractivity contribution in [1.82, 2.24) is 10.2 Å². The molecule has 1 aliphatic rings. The molecule has 1 fully saturated rings. The zero-order chi connectivity index (χ0) is 15.3. The zero-order valence-corrected chi connectivity index (χ0v) is 12.8. The number of alkyl halides is 2. The molecule has 1 heterocycles. The summed E-state index contributed by atoms with van der Waals surface area (Å²) >= 11 is 0. The minimum Gasteiger partial charge on any atom is -0.444 e. The number of piperidine rings is 1. The van der Waals surface area contributed by atoms with Crippen LogP contribution in [0.25, 0.3) is 0 Å². The van der Waals surface area contributed by atoms with E-state index in [0.717, 1.165) is 12.8 Å². The highest BCUT2D eigenvalue weighted by molar-refractivity contribution is 5.68. The fraction of sp³-hybridized carbons (Fsp3) is 0.929. The average Bonchev–Trinajstić information content (AvgIpc) is 2.34. The van der Waals surface area contributed by atoms with Gasteiger partial charge in [-0.15, -0.1) is 0 Å². The third kappa shape index (κ3) is 6.03. The van der Waals surface area contributed by atoms with Crippen LogP contribution in [0.4, 0.5) is 13.6 Å². The SMILES string of the molecule is CC(NCC1CCCN(C(=O)OC(C)(C)C)C1)C(F)F. The first-order chi connectivity index (χ1) is 9.19. The van der Waals surface area contributed by atoms with Crippen LogP contribution in [0.3, 0.4) is 0 Å². The Morgan fingerprint density at radius 3 is 2.65 bits per heavy atom. The van der Waals surface area contributed by atoms with Gasteiger partial charge >= 0.3 is 6.09 Å². The van der Waals surface area contributed by atoms with Crippen LogP contribution in [0, 0.1) is 5.92 Å². The van der Waals surface area contributed by atoms with Gasteiger partial charge in [-0.3, -0.25) is 0 Å². The lowest BCUT2D eigenvalue weighted by atomic mass is 9.98. The third-order valence-corrected chi connectivity index (χ3v) is 3.28. The van der Waals surface area contributed by atoms with Crippen LogP contribution in [-0.2, 0) is 4.74 Å². The molecule has 0 aromatic carbocycles. The standard InChI is InChI=1S/C14H26F2N2O2/c1-10(12(15)16)17-8-11-6-5-7-18(9-11)13(19)20-14(2,3)4/h10-12,17H,5-9H2,1-4H3. The van der Waals surface area contributed by atoms with E-state index in [2.05, 4.69) is 5.32 Å². The number of carbonyl (C=O) groups excluding carboxylic acids is 1. The highest BCUT2D eigenvalue weighted by Gasteiger charge is 2.28. The summed E-state index contributed by atoms with van der Waals surface area (Å²) in [5, 5.41) is 2.83. The van der Waals surface area contributed by atoms with Gasteiger partial charge in [0.15, 0.2) is 0 Å². The number of rotatable bonds is 4. The summed E-state index contributed by atoms with van der Waals surface area (Å²) in [6.45, 7) is 8.71. The highest BCUT2D eigenvalue weighted by Crippen LogP contribution is 2.19. The molecule has 1 amide bonds. The maximum atomic E-state index is 12.4. The first-order valence-electron chi connectivity index (χ1n) is 7.18. The molecule has 2 atom stereocenters. The molecule has 6 heteroatoms. The van der Waals surface area contributed by atoms with Crippen molar-refractivity contribution in [2.75, 3.05) is 19.6 Å². The highest BCUT2D eigenvalue weighted by atomic mass is 19.3. The van der Waals surface area contributed by atoms with Gasteiger partial charge in [-0.05, 0) is 46.5 Å². The van der Waals surface area contributed by atoms with Crippen molar-refractivity contribution in [2.45, 2.75) is 58.6 Å². The van der Waals surface area contributed by atoms with Crippen molar-refractivity contribution in [3.05, 3.63) is 0 Å². The first kappa shape index (κ1) is 17.1. The maximum absolute atomic E-state index is 12.4. The lowest BCUT2D eigenvalue weighted by molar-refractivity contribution is 0.0159. The first-order valence-corrected chi connectivity index (χ1v) is 7.18.